The van der Waals surface area contributed by atoms with Gasteiger partial charge in [0.05, 0.1) is 11.0 Å². The standard InChI is InChI=1S/C7H14BrO2S/c1-3-7(2)11(9,10)6-4-5-8/h3-6H2,1-2H3. The Kier molecular flexibility index (Phi) is 5.34. The Morgan fingerprint density at radius 2 is 2.00 bits per heavy atom. The van der Waals surface area contributed by atoms with Gasteiger partial charge >= 0.3 is 0 Å². The summed E-state index contributed by atoms with van der Waals surface area (Å²) in [5.74, 6) is 0.276. The summed E-state index contributed by atoms with van der Waals surface area (Å²) in [6.07, 6.45) is 1.32. The van der Waals surface area contributed by atoms with E-state index in [-0.39, 0.29) is 5.75 Å². The number of halogens is 1. The third kappa shape index (κ3) is 4.11. The molecule has 0 saturated heterocycles. The van der Waals surface area contributed by atoms with Gasteiger partial charge in [-0.1, -0.05) is 22.9 Å². The first kappa shape index (κ1) is 11.4. The number of hydrogen-bond acceptors (Lipinski definition) is 2. The summed E-state index contributed by atoms with van der Waals surface area (Å²) < 4.78 is 22.5. The molecule has 0 aliphatic rings. The molecule has 0 aliphatic heterocycles. The van der Waals surface area contributed by atoms with Crippen LogP contribution in [0.3, 0.4) is 0 Å². The second kappa shape index (κ2) is 5.14. The van der Waals surface area contributed by atoms with E-state index < -0.39 is 9.84 Å². The van der Waals surface area contributed by atoms with Gasteiger partial charge in [0.1, 0.15) is 0 Å². The van der Waals surface area contributed by atoms with Gasteiger partial charge in [-0.3, -0.25) is 0 Å². The molecule has 2 nitrogen and oxygen atoms in total. The van der Waals surface area contributed by atoms with Gasteiger partial charge in [-0.05, 0) is 19.8 Å². The minimum atomic E-state index is -2.89. The van der Waals surface area contributed by atoms with Crippen molar-refractivity contribution in [3.05, 3.63) is 5.25 Å². The van der Waals surface area contributed by atoms with Gasteiger partial charge in [-0.15, -0.1) is 0 Å². The molecule has 0 atom stereocenters. The average molecular weight is 242 g/mol. The van der Waals surface area contributed by atoms with Crippen molar-refractivity contribution in [1.29, 1.82) is 0 Å². The van der Waals surface area contributed by atoms with Gasteiger partial charge in [0.25, 0.3) is 0 Å². The minimum Gasteiger partial charge on any atom is -0.228 e. The Morgan fingerprint density at radius 3 is 2.36 bits per heavy atom. The number of rotatable bonds is 5. The Labute approximate surface area is 77.4 Å². The van der Waals surface area contributed by atoms with E-state index in [9.17, 15) is 8.42 Å². The lowest BCUT2D eigenvalue weighted by Crippen LogP contribution is -2.13. The molecule has 0 amide bonds. The first-order valence-corrected chi connectivity index (χ1v) is 6.43. The van der Waals surface area contributed by atoms with Crippen LogP contribution in [0, 0.1) is 5.25 Å². The van der Waals surface area contributed by atoms with E-state index in [1.165, 1.54) is 0 Å². The van der Waals surface area contributed by atoms with Crippen molar-refractivity contribution in [2.45, 2.75) is 26.7 Å². The van der Waals surface area contributed by atoms with Gasteiger partial charge in [-0.2, -0.15) is 0 Å². The first-order chi connectivity index (χ1) is 5.04. The zero-order valence-corrected chi connectivity index (χ0v) is 9.33. The minimum absolute atomic E-state index is 0.276. The molecule has 0 saturated carbocycles. The number of hydrogen-bond donors (Lipinski definition) is 0. The maximum Gasteiger partial charge on any atom is 0.157 e. The lowest BCUT2D eigenvalue weighted by atomic mass is 10.4. The molecular formula is C7H14BrO2S. The van der Waals surface area contributed by atoms with E-state index in [4.69, 9.17) is 0 Å². The number of sulfone groups is 1. The molecular weight excluding hydrogens is 228 g/mol. The molecule has 0 aromatic heterocycles. The summed E-state index contributed by atoms with van der Waals surface area (Å²) in [5, 5.41) is 1.35. The van der Waals surface area contributed by atoms with Crippen molar-refractivity contribution in [3.8, 4) is 0 Å². The average Bonchev–Trinajstić information content (AvgIpc) is 1.99. The van der Waals surface area contributed by atoms with Crippen LogP contribution in [0.2, 0.25) is 0 Å². The Morgan fingerprint density at radius 1 is 1.45 bits per heavy atom. The van der Waals surface area contributed by atoms with Crippen molar-refractivity contribution in [1.82, 2.24) is 0 Å². The van der Waals surface area contributed by atoms with E-state index in [0.717, 1.165) is 5.33 Å². The zero-order valence-electron chi connectivity index (χ0n) is 6.93. The van der Waals surface area contributed by atoms with Crippen LogP contribution in [0.25, 0.3) is 0 Å². The molecule has 0 N–H and O–H groups in total. The van der Waals surface area contributed by atoms with Crippen LogP contribution in [0.15, 0.2) is 0 Å². The van der Waals surface area contributed by atoms with Crippen LogP contribution in [0.5, 0.6) is 0 Å². The normalized spacial score (nSPS) is 12.4. The molecule has 0 aromatic rings. The summed E-state index contributed by atoms with van der Waals surface area (Å²) in [7, 11) is -2.89. The molecule has 0 aromatic carbocycles. The molecule has 4 heteroatoms. The van der Waals surface area contributed by atoms with Gasteiger partial charge in [0.2, 0.25) is 0 Å². The van der Waals surface area contributed by atoms with Gasteiger partial charge in [0.15, 0.2) is 9.84 Å². The molecule has 0 fully saturated rings. The van der Waals surface area contributed by atoms with Gasteiger partial charge < -0.3 is 0 Å². The highest BCUT2D eigenvalue weighted by atomic mass is 79.9. The lowest BCUT2D eigenvalue weighted by Gasteiger charge is -2.07. The monoisotopic (exact) mass is 241 g/mol. The summed E-state index contributed by atoms with van der Waals surface area (Å²) in [5.41, 5.74) is 0. The predicted molar refractivity (Wildman–Crippen MR) is 51.4 cm³/mol. The van der Waals surface area contributed by atoms with Crippen molar-refractivity contribution >= 4 is 25.8 Å². The van der Waals surface area contributed by atoms with E-state index in [0.29, 0.717) is 18.1 Å². The summed E-state index contributed by atoms with van der Waals surface area (Å²) in [6, 6.07) is 0. The second-order valence-corrected chi connectivity index (χ2v) is 5.54. The first-order valence-electron chi connectivity index (χ1n) is 3.65. The van der Waals surface area contributed by atoms with E-state index in [1.54, 1.807) is 6.92 Å². The third-order valence-corrected chi connectivity index (χ3v) is 4.31. The molecule has 1 radical (unpaired) electrons. The molecule has 0 heterocycles. The Balaban J connectivity index is 4.01. The van der Waals surface area contributed by atoms with Gasteiger partial charge in [0, 0.05) is 5.33 Å². The maximum atomic E-state index is 11.3. The molecule has 0 unspecified atom stereocenters. The maximum absolute atomic E-state index is 11.3. The largest absolute Gasteiger partial charge is 0.228 e. The quantitative estimate of drug-likeness (QED) is 0.692. The van der Waals surface area contributed by atoms with Crippen LogP contribution in [-0.4, -0.2) is 19.5 Å². The SMILES string of the molecule is CC[C](C)S(=O)(=O)CCCBr. The fourth-order valence-corrected chi connectivity index (χ4v) is 2.60. The van der Waals surface area contributed by atoms with Crippen LogP contribution in [0.4, 0.5) is 0 Å². The van der Waals surface area contributed by atoms with E-state index >= 15 is 0 Å². The second-order valence-electron chi connectivity index (χ2n) is 2.42. The molecule has 0 spiro atoms. The summed E-state index contributed by atoms with van der Waals surface area (Å²) in [6.45, 7) is 3.55. The van der Waals surface area contributed by atoms with Crippen molar-refractivity contribution < 1.29 is 8.42 Å². The van der Waals surface area contributed by atoms with Gasteiger partial charge in [-0.25, -0.2) is 8.42 Å². The van der Waals surface area contributed by atoms with Crippen molar-refractivity contribution in [3.63, 3.8) is 0 Å². The van der Waals surface area contributed by atoms with E-state index in [2.05, 4.69) is 15.9 Å². The van der Waals surface area contributed by atoms with Crippen molar-refractivity contribution in [2.24, 2.45) is 0 Å². The fraction of sp³-hybridized carbons (Fsp3) is 0.857. The molecule has 67 valence electrons. The fourth-order valence-electron chi connectivity index (χ4n) is 0.639. The topological polar surface area (TPSA) is 34.1 Å². The Bertz CT molecular complexity index is 187. The summed E-state index contributed by atoms with van der Waals surface area (Å²) >= 11 is 3.20. The molecule has 0 bridgehead atoms. The zero-order chi connectivity index (χ0) is 8.91. The van der Waals surface area contributed by atoms with Crippen molar-refractivity contribution in [2.75, 3.05) is 11.1 Å². The van der Waals surface area contributed by atoms with E-state index in [1.807, 2.05) is 6.92 Å². The number of alkyl halides is 1. The van der Waals surface area contributed by atoms with Crippen LogP contribution >= 0.6 is 15.9 Å². The molecule has 11 heavy (non-hydrogen) atoms. The highest BCUT2D eigenvalue weighted by Gasteiger charge is 2.18. The molecule has 0 rings (SSSR count). The lowest BCUT2D eigenvalue weighted by molar-refractivity contribution is 0.593. The highest BCUT2D eigenvalue weighted by Crippen LogP contribution is 2.15. The van der Waals surface area contributed by atoms with Crippen LogP contribution in [-0.2, 0) is 9.84 Å². The van der Waals surface area contributed by atoms with Crippen LogP contribution in [0.1, 0.15) is 26.7 Å². The Hall–Kier alpha value is 0.430. The summed E-state index contributed by atoms with van der Waals surface area (Å²) in [4.78, 5) is 0. The smallest absolute Gasteiger partial charge is 0.157 e. The third-order valence-electron chi connectivity index (χ3n) is 1.58. The predicted octanol–water partition coefficient (Wildman–Crippen LogP) is 2.15. The molecule has 0 aliphatic carbocycles. The van der Waals surface area contributed by atoms with Crippen LogP contribution < -0.4 is 0 Å². The highest BCUT2D eigenvalue weighted by molar-refractivity contribution is 9.09.